The molecule has 122 valence electrons. The number of thiophene rings is 1. The Morgan fingerprint density at radius 3 is 2.35 bits per heavy atom. The monoisotopic (exact) mass is 334 g/mol. The van der Waals surface area contributed by atoms with Crippen molar-refractivity contribution in [3.63, 3.8) is 0 Å². The third-order valence-electron chi connectivity index (χ3n) is 3.28. The lowest BCUT2D eigenvalue weighted by Gasteiger charge is -2.18. The van der Waals surface area contributed by atoms with Gasteiger partial charge in [0.25, 0.3) is 0 Å². The number of hydrogen-bond donors (Lipinski definition) is 0. The Morgan fingerprint density at radius 1 is 1.22 bits per heavy atom. The van der Waals surface area contributed by atoms with Crippen LogP contribution >= 0.6 is 11.3 Å². The van der Waals surface area contributed by atoms with Crippen LogP contribution in [0.1, 0.15) is 41.7 Å². The summed E-state index contributed by atoms with van der Waals surface area (Å²) in [4.78, 5) is 42.5. The number of esters is 1. The minimum absolute atomic E-state index is 0.206. The summed E-state index contributed by atoms with van der Waals surface area (Å²) in [6.45, 7) is 8.20. The van der Waals surface area contributed by atoms with Crippen molar-refractivity contribution < 1.29 is 19.1 Å². The molecule has 0 bridgehead atoms. The van der Waals surface area contributed by atoms with E-state index >= 15 is 0 Å². The fraction of sp³-hybridized carbons (Fsp3) is 0.375. The van der Waals surface area contributed by atoms with Gasteiger partial charge in [-0.3, -0.25) is 9.59 Å². The molecule has 0 N–H and O–H groups in total. The van der Waals surface area contributed by atoms with Crippen LogP contribution < -0.4 is 4.90 Å². The minimum Gasteiger partial charge on any atom is -0.462 e. The SMILES string of the molecule is CCOC(=O)c1sc2nc(C)cc(C)c2c1N(C(C)=O)C(C)=O. The molecule has 7 heteroatoms. The van der Waals surface area contributed by atoms with Gasteiger partial charge in [-0.05, 0) is 32.4 Å². The third kappa shape index (κ3) is 3.10. The summed E-state index contributed by atoms with van der Waals surface area (Å²) in [5.74, 6) is -1.47. The highest BCUT2D eigenvalue weighted by Crippen LogP contribution is 2.40. The summed E-state index contributed by atoms with van der Waals surface area (Å²) in [6, 6.07) is 1.85. The van der Waals surface area contributed by atoms with Gasteiger partial charge < -0.3 is 4.74 Å². The maximum atomic E-state index is 12.3. The maximum Gasteiger partial charge on any atom is 0.350 e. The fourth-order valence-electron chi connectivity index (χ4n) is 2.51. The lowest BCUT2D eigenvalue weighted by atomic mass is 10.1. The molecule has 0 aliphatic carbocycles. The highest BCUT2D eigenvalue weighted by molar-refractivity contribution is 7.21. The standard InChI is InChI=1S/C16H18N2O4S/c1-6-22-16(21)14-13(18(10(4)19)11(5)20)12-8(2)7-9(3)17-15(12)23-14/h7H,6H2,1-5H3. The summed E-state index contributed by atoms with van der Waals surface area (Å²) >= 11 is 1.13. The van der Waals surface area contributed by atoms with Crippen molar-refractivity contribution in [2.75, 3.05) is 11.5 Å². The lowest BCUT2D eigenvalue weighted by Crippen LogP contribution is -2.34. The molecule has 2 rings (SSSR count). The molecule has 0 aliphatic rings. The Labute approximate surface area is 138 Å². The number of rotatable bonds is 3. The van der Waals surface area contributed by atoms with Crippen LogP contribution in [0.5, 0.6) is 0 Å². The van der Waals surface area contributed by atoms with Crippen molar-refractivity contribution in [1.29, 1.82) is 0 Å². The van der Waals surface area contributed by atoms with Gasteiger partial charge in [0.15, 0.2) is 0 Å². The molecule has 6 nitrogen and oxygen atoms in total. The second-order valence-corrected chi connectivity index (χ2v) is 6.13. The number of anilines is 1. The van der Waals surface area contributed by atoms with Crippen LogP contribution in [0.15, 0.2) is 6.07 Å². The molecule has 0 fully saturated rings. The highest BCUT2D eigenvalue weighted by atomic mass is 32.1. The molecule has 2 aromatic heterocycles. The first-order valence-electron chi connectivity index (χ1n) is 7.17. The van der Waals surface area contributed by atoms with Crippen molar-refractivity contribution in [2.24, 2.45) is 0 Å². The van der Waals surface area contributed by atoms with E-state index in [0.717, 1.165) is 27.5 Å². The van der Waals surface area contributed by atoms with E-state index in [9.17, 15) is 14.4 Å². The molecule has 2 aromatic rings. The number of carbonyl (C=O) groups is 3. The van der Waals surface area contributed by atoms with Crippen LogP contribution in [0.4, 0.5) is 5.69 Å². The molecule has 0 aromatic carbocycles. The second-order valence-electron chi connectivity index (χ2n) is 5.13. The number of nitrogens with zero attached hydrogens (tertiary/aromatic N) is 2. The average Bonchev–Trinajstić information content (AvgIpc) is 2.77. The number of hydrogen-bond acceptors (Lipinski definition) is 6. The van der Waals surface area contributed by atoms with E-state index < -0.39 is 17.8 Å². The van der Waals surface area contributed by atoms with Gasteiger partial charge in [-0.25, -0.2) is 14.7 Å². The Kier molecular flexibility index (Phi) is 4.79. The summed E-state index contributed by atoms with van der Waals surface area (Å²) in [6.07, 6.45) is 0. The van der Waals surface area contributed by atoms with Crippen molar-refractivity contribution in [3.05, 3.63) is 22.2 Å². The number of pyridine rings is 1. The zero-order valence-electron chi connectivity index (χ0n) is 13.7. The van der Waals surface area contributed by atoms with E-state index in [2.05, 4.69) is 4.98 Å². The molecule has 0 aliphatic heterocycles. The minimum atomic E-state index is -0.560. The van der Waals surface area contributed by atoms with Crippen LogP contribution in [-0.2, 0) is 14.3 Å². The van der Waals surface area contributed by atoms with Crippen LogP contribution in [-0.4, -0.2) is 29.4 Å². The van der Waals surface area contributed by atoms with Crippen LogP contribution in [0.2, 0.25) is 0 Å². The van der Waals surface area contributed by atoms with Gasteiger partial charge in [0, 0.05) is 24.9 Å². The van der Waals surface area contributed by atoms with Crippen LogP contribution in [0.3, 0.4) is 0 Å². The zero-order chi connectivity index (χ0) is 17.3. The van der Waals surface area contributed by atoms with E-state index in [0.29, 0.717) is 10.2 Å². The molecular formula is C16H18N2O4S. The first kappa shape index (κ1) is 17.1. The van der Waals surface area contributed by atoms with Gasteiger partial charge in [0.1, 0.15) is 9.71 Å². The molecule has 0 spiro atoms. The molecular weight excluding hydrogens is 316 g/mol. The van der Waals surface area contributed by atoms with Gasteiger partial charge >= 0.3 is 5.97 Å². The second kappa shape index (κ2) is 6.45. The number of carbonyl (C=O) groups excluding carboxylic acids is 3. The quantitative estimate of drug-likeness (QED) is 0.807. The predicted molar refractivity (Wildman–Crippen MR) is 88.9 cm³/mol. The predicted octanol–water partition coefficient (Wildman–Crippen LogP) is 2.99. The molecule has 0 unspecified atom stereocenters. The maximum absolute atomic E-state index is 12.3. The topological polar surface area (TPSA) is 76.6 Å². The largest absolute Gasteiger partial charge is 0.462 e. The number of imide groups is 1. The van der Waals surface area contributed by atoms with E-state index in [4.69, 9.17) is 4.74 Å². The number of ether oxygens (including phenoxy) is 1. The van der Waals surface area contributed by atoms with Crippen LogP contribution in [0.25, 0.3) is 10.2 Å². The Balaban J connectivity index is 2.86. The summed E-state index contributed by atoms with van der Waals surface area (Å²) in [7, 11) is 0. The fourth-order valence-corrected chi connectivity index (χ4v) is 3.68. The summed E-state index contributed by atoms with van der Waals surface area (Å²) in [5.41, 5.74) is 1.92. The van der Waals surface area contributed by atoms with Crippen LogP contribution in [0, 0.1) is 13.8 Å². The Hall–Kier alpha value is -2.28. The Morgan fingerprint density at radius 2 is 1.83 bits per heavy atom. The van der Waals surface area contributed by atoms with E-state index in [1.807, 2.05) is 19.9 Å². The normalized spacial score (nSPS) is 10.7. The molecule has 23 heavy (non-hydrogen) atoms. The van der Waals surface area contributed by atoms with Crippen molar-refractivity contribution in [2.45, 2.75) is 34.6 Å². The van der Waals surface area contributed by atoms with Crippen molar-refractivity contribution in [1.82, 2.24) is 4.98 Å². The zero-order valence-corrected chi connectivity index (χ0v) is 14.5. The first-order valence-corrected chi connectivity index (χ1v) is 7.98. The van der Waals surface area contributed by atoms with Gasteiger partial charge in [-0.2, -0.15) is 0 Å². The summed E-state index contributed by atoms with van der Waals surface area (Å²) in [5, 5.41) is 0.633. The number of aromatic nitrogens is 1. The van der Waals surface area contributed by atoms with E-state index in [1.54, 1.807) is 6.92 Å². The molecule has 0 radical (unpaired) electrons. The lowest BCUT2D eigenvalue weighted by molar-refractivity contribution is -0.124. The smallest absolute Gasteiger partial charge is 0.350 e. The number of amides is 2. The first-order chi connectivity index (χ1) is 10.8. The van der Waals surface area contributed by atoms with E-state index in [1.165, 1.54) is 13.8 Å². The number of fused-ring (bicyclic) bond motifs is 1. The third-order valence-corrected chi connectivity index (χ3v) is 4.33. The van der Waals surface area contributed by atoms with E-state index in [-0.39, 0.29) is 17.2 Å². The average molecular weight is 334 g/mol. The molecule has 0 atom stereocenters. The number of aryl methyl sites for hydroxylation is 2. The van der Waals surface area contributed by atoms with Gasteiger partial charge in [-0.1, -0.05) is 0 Å². The Bertz CT molecular complexity index is 796. The molecule has 2 heterocycles. The summed E-state index contributed by atoms with van der Waals surface area (Å²) < 4.78 is 5.07. The van der Waals surface area contributed by atoms with Gasteiger partial charge in [0.05, 0.1) is 12.3 Å². The highest BCUT2D eigenvalue weighted by Gasteiger charge is 2.30. The van der Waals surface area contributed by atoms with Crippen molar-refractivity contribution >= 4 is 45.0 Å². The molecule has 0 saturated heterocycles. The molecule has 2 amide bonds. The van der Waals surface area contributed by atoms with Gasteiger partial charge in [-0.15, -0.1) is 11.3 Å². The molecule has 0 saturated carbocycles. The van der Waals surface area contributed by atoms with Crippen molar-refractivity contribution in [3.8, 4) is 0 Å². The van der Waals surface area contributed by atoms with Gasteiger partial charge in [0.2, 0.25) is 11.8 Å².